The zero-order valence-corrected chi connectivity index (χ0v) is 17.6. The van der Waals surface area contributed by atoms with E-state index < -0.39 is 59.8 Å². The first kappa shape index (κ1) is 32.1. The minimum absolute atomic E-state index is 0.206. The Morgan fingerprint density at radius 3 is 1.33 bits per heavy atom. The summed E-state index contributed by atoms with van der Waals surface area (Å²) in [6.45, 7) is 0. The number of halogens is 17. The van der Waals surface area contributed by atoms with E-state index >= 15 is 0 Å². The van der Waals surface area contributed by atoms with Gasteiger partial charge in [0, 0.05) is 12.2 Å². The monoisotopic (exact) mass is 582 g/mol. The Bertz CT molecular complexity index is 902. The Balaban J connectivity index is 3.24. The highest BCUT2D eigenvalue weighted by Crippen LogP contribution is 2.64. The van der Waals surface area contributed by atoms with Crippen LogP contribution >= 0.6 is 11.8 Å². The van der Waals surface area contributed by atoms with E-state index in [0.717, 1.165) is 5.41 Å². The lowest BCUT2D eigenvalue weighted by Gasteiger charge is -2.42. The van der Waals surface area contributed by atoms with Gasteiger partial charge in [-0.25, -0.2) is 0 Å². The number of hydrogen-bond acceptors (Lipinski definition) is 1. The van der Waals surface area contributed by atoms with E-state index in [1.165, 1.54) is 30.3 Å². The van der Waals surface area contributed by atoms with Gasteiger partial charge in [-0.2, -0.15) is 74.6 Å². The Labute approximate surface area is 194 Å². The van der Waals surface area contributed by atoms with Crippen LogP contribution in [0.2, 0.25) is 0 Å². The van der Waals surface area contributed by atoms with E-state index in [9.17, 15) is 74.6 Å². The molecule has 1 aromatic rings. The molecule has 18 heteroatoms. The highest BCUT2D eigenvalue weighted by Gasteiger charge is 2.95. The molecule has 1 aromatic carbocycles. The fourth-order valence-electron chi connectivity index (χ4n) is 2.30. The topological polar surface area (TPSA) is 0 Å². The Hall–Kier alpha value is -1.88. The van der Waals surface area contributed by atoms with Gasteiger partial charge in [-0.3, -0.25) is 0 Å². The molecule has 0 aliphatic heterocycles. The summed E-state index contributed by atoms with van der Waals surface area (Å²) >= 11 is 0.206. The molecule has 36 heavy (non-hydrogen) atoms. The van der Waals surface area contributed by atoms with Crippen molar-refractivity contribution in [3.8, 4) is 0 Å². The van der Waals surface area contributed by atoms with Crippen molar-refractivity contribution >= 4 is 17.8 Å². The molecule has 0 bridgehead atoms. The SMILES string of the molecule is FC(F)(F)C(F)(F)C(F)(F)C(F)(F)C(F)(F)C(F)(F)C(F)(F)C(F)(F)CCS/C=C/c1ccccc1. The molecule has 0 aromatic heterocycles. The van der Waals surface area contributed by atoms with Gasteiger partial charge in [0.25, 0.3) is 0 Å². The third kappa shape index (κ3) is 5.10. The van der Waals surface area contributed by atoms with Crippen molar-refractivity contribution < 1.29 is 74.6 Å². The maximum atomic E-state index is 13.7. The van der Waals surface area contributed by atoms with Crippen molar-refractivity contribution in [1.29, 1.82) is 0 Å². The van der Waals surface area contributed by atoms with Gasteiger partial charge in [-0.05, 0) is 17.0 Å². The Kier molecular flexibility index (Phi) is 8.73. The summed E-state index contributed by atoms with van der Waals surface area (Å²) < 4.78 is 224. The van der Waals surface area contributed by atoms with Gasteiger partial charge in [0.2, 0.25) is 0 Å². The second-order valence-electron chi connectivity index (χ2n) is 6.98. The summed E-state index contributed by atoms with van der Waals surface area (Å²) in [5, 5.41) is 0.949. The van der Waals surface area contributed by atoms with Gasteiger partial charge in [0.15, 0.2) is 0 Å². The van der Waals surface area contributed by atoms with Crippen molar-refractivity contribution in [3.05, 3.63) is 41.3 Å². The van der Waals surface area contributed by atoms with Crippen molar-refractivity contribution in [2.75, 3.05) is 5.75 Å². The molecule has 1 rings (SSSR count). The van der Waals surface area contributed by atoms with Gasteiger partial charge >= 0.3 is 47.6 Å². The summed E-state index contributed by atoms with van der Waals surface area (Å²) in [6.07, 6.45) is -9.04. The summed E-state index contributed by atoms with van der Waals surface area (Å²) in [4.78, 5) is 0. The Morgan fingerprint density at radius 1 is 0.528 bits per heavy atom. The van der Waals surface area contributed by atoms with Gasteiger partial charge in [0.05, 0.1) is 0 Å². The third-order valence-electron chi connectivity index (χ3n) is 4.48. The van der Waals surface area contributed by atoms with Crippen LogP contribution in [-0.4, -0.2) is 53.4 Å². The number of alkyl halides is 17. The molecular weight excluding hydrogens is 571 g/mol. The lowest BCUT2D eigenvalue weighted by Crippen LogP contribution is -2.74. The normalized spacial score (nSPS) is 15.6. The molecule has 0 amide bonds. The zero-order valence-electron chi connectivity index (χ0n) is 16.8. The molecule has 208 valence electrons. The quantitative estimate of drug-likeness (QED) is 0.186. The minimum Gasteiger partial charge on any atom is -0.200 e. The van der Waals surface area contributed by atoms with Crippen molar-refractivity contribution in [3.63, 3.8) is 0 Å². The number of rotatable bonds is 11. The van der Waals surface area contributed by atoms with Crippen LogP contribution < -0.4 is 0 Å². The Morgan fingerprint density at radius 2 is 0.917 bits per heavy atom. The van der Waals surface area contributed by atoms with Gasteiger partial charge in [0.1, 0.15) is 0 Å². The molecule has 0 atom stereocenters. The maximum absolute atomic E-state index is 13.7. The second-order valence-corrected chi connectivity index (χ2v) is 8.00. The van der Waals surface area contributed by atoms with Gasteiger partial charge < -0.3 is 0 Å². The van der Waals surface area contributed by atoms with E-state index in [1.54, 1.807) is 6.07 Å². The average molecular weight is 582 g/mol. The van der Waals surface area contributed by atoms with E-state index in [0.29, 0.717) is 5.56 Å². The van der Waals surface area contributed by atoms with Crippen molar-refractivity contribution in [1.82, 2.24) is 0 Å². The van der Waals surface area contributed by atoms with E-state index in [2.05, 4.69) is 0 Å². The predicted octanol–water partition coefficient (Wildman–Crippen LogP) is 8.79. The smallest absolute Gasteiger partial charge is 0.200 e. The lowest BCUT2D eigenvalue weighted by atomic mass is 9.88. The van der Waals surface area contributed by atoms with Crippen LogP contribution in [0, 0.1) is 0 Å². The van der Waals surface area contributed by atoms with Crippen LogP contribution in [0.5, 0.6) is 0 Å². The molecule has 0 unspecified atom stereocenters. The van der Waals surface area contributed by atoms with E-state index in [1.807, 2.05) is 0 Å². The molecule has 0 nitrogen and oxygen atoms in total. The second kappa shape index (κ2) is 9.78. The molecule has 0 N–H and O–H groups in total. The molecule has 0 spiro atoms. The fraction of sp³-hybridized carbons (Fsp3) is 0.556. The van der Waals surface area contributed by atoms with Crippen LogP contribution in [0.15, 0.2) is 35.7 Å². The number of hydrogen-bond donors (Lipinski definition) is 0. The molecule has 0 heterocycles. The summed E-state index contributed by atoms with van der Waals surface area (Å²) in [6, 6.07) is 7.49. The first-order valence-corrected chi connectivity index (χ1v) is 9.92. The molecule has 0 fully saturated rings. The standard InChI is InChI=1S/C18H11F17S/c19-11(20,7-9-36-8-6-10-4-2-1-3-5-10)12(21,22)13(23,24)14(25,26)15(27,28)16(29,30)17(31,32)18(33,34)35/h1-6,8H,7,9H2/b8-6+. The van der Waals surface area contributed by atoms with E-state index in [-0.39, 0.29) is 11.8 Å². The number of benzene rings is 1. The molecular formula is C18H11F17S. The maximum Gasteiger partial charge on any atom is 0.460 e. The van der Waals surface area contributed by atoms with Crippen LogP contribution in [-0.2, 0) is 0 Å². The average Bonchev–Trinajstić information content (AvgIpc) is 2.72. The molecule has 0 aliphatic carbocycles. The van der Waals surface area contributed by atoms with Crippen LogP contribution in [0.1, 0.15) is 12.0 Å². The number of thioether (sulfide) groups is 1. The van der Waals surface area contributed by atoms with Crippen molar-refractivity contribution in [2.24, 2.45) is 0 Å². The fourth-order valence-corrected chi connectivity index (χ4v) is 3.06. The highest BCUT2D eigenvalue weighted by molar-refractivity contribution is 8.02. The zero-order chi connectivity index (χ0) is 28.6. The van der Waals surface area contributed by atoms with Crippen LogP contribution in [0.3, 0.4) is 0 Å². The molecule has 0 saturated carbocycles. The molecule has 0 aliphatic rings. The van der Waals surface area contributed by atoms with Crippen LogP contribution in [0.4, 0.5) is 74.6 Å². The summed E-state index contributed by atoms with van der Waals surface area (Å²) in [5.41, 5.74) is 0.423. The third-order valence-corrected chi connectivity index (χ3v) is 5.25. The van der Waals surface area contributed by atoms with Crippen LogP contribution in [0.25, 0.3) is 6.08 Å². The summed E-state index contributed by atoms with van der Waals surface area (Å²) in [5.74, 6) is -57.3. The van der Waals surface area contributed by atoms with Crippen molar-refractivity contribution in [2.45, 2.75) is 54.1 Å². The molecule has 0 radical (unpaired) electrons. The van der Waals surface area contributed by atoms with Gasteiger partial charge in [-0.15, -0.1) is 11.8 Å². The first-order valence-electron chi connectivity index (χ1n) is 8.87. The molecule has 0 saturated heterocycles. The lowest BCUT2D eigenvalue weighted by molar-refractivity contribution is -0.461. The first-order chi connectivity index (χ1) is 15.8. The van der Waals surface area contributed by atoms with Gasteiger partial charge in [-0.1, -0.05) is 30.3 Å². The van der Waals surface area contributed by atoms with E-state index in [4.69, 9.17) is 0 Å². The largest absolute Gasteiger partial charge is 0.460 e. The predicted molar refractivity (Wildman–Crippen MR) is 93.2 cm³/mol. The summed E-state index contributed by atoms with van der Waals surface area (Å²) in [7, 11) is 0. The highest BCUT2D eigenvalue weighted by atomic mass is 32.2. The minimum atomic E-state index is -8.60.